The number of carbonyl (C=O) groups is 1. The first-order valence-corrected chi connectivity index (χ1v) is 7.38. The normalized spacial score (nSPS) is 17.9. The lowest BCUT2D eigenvalue weighted by molar-refractivity contribution is -0.117. The summed E-state index contributed by atoms with van der Waals surface area (Å²) in [6.07, 6.45) is 0.713. The molecule has 1 amide bonds. The topological polar surface area (TPSA) is 59.4 Å². The predicted octanol–water partition coefficient (Wildman–Crippen LogP) is 2.30. The molecule has 0 aliphatic carbocycles. The molecule has 0 radical (unpaired) electrons. The largest absolute Gasteiger partial charge is 0.481 e. The van der Waals surface area contributed by atoms with Crippen LogP contribution in [0.5, 0.6) is 5.88 Å². The SMILES string of the molecule is COc1cc(NC2CCN(c3cccc(Cl)c3)C2=O)nn1C. The fraction of sp³-hybridized carbons (Fsp3) is 0.333. The third-order valence-electron chi connectivity index (χ3n) is 3.69. The van der Waals surface area contributed by atoms with Crippen molar-refractivity contribution in [3.05, 3.63) is 35.4 Å². The van der Waals surface area contributed by atoms with Gasteiger partial charge in [0, 0.05) is 30.4 Å². The molecule has 2 aromatic rings. The van der Waals surface area contributed by atoms with Gasteiger partial charge in [0.05, 0.1) is 7.11 Å². The Morgan fingerprint density at radius 1 is 1.41 bits per heavy atom. The van der Waals surface area contributed by atoms with Crippen molar-refractivity contribution in [1.82, 2.24) is 9.78 Å². The number of hydrogen-bond donors (Lipinski definition) is 1. The molecule has 2 heterocycles. The molecule has 1 unspecified atom stereocenters. The minimum atomic E-state index is -0.293. The number of ether oxygens (including phenoxy) is 1. The number of benzene rings is 1. The number of anilines is 2. The van der Waals surface area contributed by atoms with E-state index in [1.807, 2.05) is 12.1 Å². The Bertz CT molecular complexity index is 701. The second-order valence-electron chi connectivity index (χ2n) is 5.15. The molecule has 7 heteroatoms. The number of halogens is 1. The average molecular weight is 321 g/mol. The number of hydrogen-bond acceptors (Lipinski definition) is 4. The van der Waals surface area contributed by atoms with Crippen molar-refractivity contribution in [1.29, 1.82) is 0 Å². The molecule has 1 aromatic carbocycles. The van der Waals surface area contributed by atoms with Crippen molar-refractivity contribution < 1.29 is 9.53 Å². The van der Waals surface area contributed by atoms with E-state index in [1.54, 1.807) is 41.9 Å². The van der Waals surface area contributed by atoms with Crippen molar-refractivity contribution in [2.24, 2.45) is 7.05 Å². The summed E-state index contributed by atoms with van der Waals surface area (Å²) < 4.78 is 6.79. The zero-order valence-corrected chi connectivity index (χ0v) is 13.2. The van der Waals surface area contributed by atoms with Crippen molar-refractivity contribution in [3.63, 3.8) is 0 Å². The molecular weight excluding hydrogens is 304 g/mol. The number of methoxy groups -OCH3 is 1. The first-order chi connectivity index (χ1) is 10.6. The Labute approximate surface area is 133 Å². The average Bonchev–Trinajstić information content (AvgIpc) is 3.03. The summed E-state index contributed by atoms with van der Waals surface area (Å²) in [5.41, 5.74) is 0.820. The highest BCUT2D eigenvalue weighted by molar-refractivity contribution is 6.31. The van der Waals surface area contributed by atoms with Crippen LogP contribution in [0.25, 0.3) is 0 Å². The summed E-state index contributed by atoms with van der Waals surface area (Å²) in [6.45, 7) is 0.654. The molecule has 116 valence electrons. The second-order valence-corrected chi connectivity index (χ2v) is 5.59. The van der Waals surface area contributed by atoms with Gasteiger partial charge in [-0.2, -0.15) is 5.10 Å². The van der Waals surface area contributed by atoms with E-state index in [4.69, 9.17) is 16.3 Å². The zero-order valence-electron chi connectivity index (χ0n) is 12.4. The maximum Gasteiger partial charge on any atom is 0.249 e. The van der Waals surface area contributed by atoms with Gasteiger partial charge in [-0.25, -0.2) is 4.68 Å². The van der Waals surface area contributed by atoms with Gasteiger partial charge in [-0.15, -0.1) is 0 Å². The molecule has 1 N–H and O–H groups in total. The van der Waals surface area contributed by atoms with E-state index in [0.717, 1.165) is 5.69 Å². The quantitative estimate of drug-likeness (QED) is 0.939. The van der Waals surface area contributed by atoms with E-state index in [0.29, 0.717) is 29.7 Å². The van der Waals surface area contributed by atoms with Gasteiger partial charge in [0.15, 0.2) is 5.82 Å². The molecule has 1 atom stereocenters. The lowest BCUT2D eigenvalue weighted by Gasteiger charge is -2.17. The van der Waals surface area contributed by atoms with Crippen LogP contribution in [0.4, 0.5) is 11.5 Å². The highest BCUT2D eigenvalue weighted by atomic mass is 35.5. The van der Waals surface area contributed by atoms with Crippen molar-refractivity contribution >= 4 is 29.0 Å². The fourth-order valence-corrected chi connectivity index (χ4v) is 2.79. The lowest BCUT2D eigenvalue weighted by atomic mass is 10.2. The molecule has 1 aliphatic rings. The molecule has 1 fully saturated rings. The summed E-state index contributed by atoms with van der Waals surface area (Å²) in [5.74, 6) is 1.29. The predicted molar refractivity (Wildman–Crippen MR) is 85.6 cm³/mol. The number of nitrogens with one attached hydrogen (secondary N) is 1. The summed E-state index contributed by atoms with van der Waals surface area (Å²) in [6, 6.07) is 8.80. The zero-order chi connectivity index (χ0) is 15.7. The van der Waals surface area contributed by atoms with E-state index in [9.17, 15) is 4.79 Å². The highest BCUT2D eigenvalue weighted by Crippen LogP contribution is 2.26. The summed E-state index contributed by atoms with van der Waals surface area (Å²) >= 11 is 5.99. The molecule has 0 saturated carbocycles. The minimum Gasteiger partial charge on any atom is -0.481 e. The fourth-order valence-electron chi connectivity index (χ4n) is 2.60. The van der Waals surface area contributed by atoms with Crippen molar-refractivity contribution in [2.45, 2.75) is 12.5 Å². The minimum absolute atomic E-state index is 0.0203. The van der Waals surface area contributed by atoms with Gasteiger partial charge in [-0.05, 0) is 24.6 Å². The smallest absolute Gasteiger partial charge is 0.249 e. The summed E-state index contributed by atoms with van der Waals surface area (Å²) in [4.78, 5) is 14.3. The second kappa shape index (κ2) is 5.88. The van der Waals surface area contributed by atoms with E-state index in [2.05, 4.69) is 10.4 Å². The highest BCUT2D eigenvalue weighted by Gasteiger charge is 2.33. The van der Waals surface area contributed by atoms with E-state index >= 15 is 0 Å². The summed E-state index contributed by atoms with van der Waals surface area (Å²) in [7, 11) is 3.38. The molecule has 3 rings (SSSR count). The first kappa shape index (κ1) is 14.7. The van der Waals surface area contributed by atoms with Crippen molar-refractivity contribution in [2.75, 3.05) is 23.9 Å². The standard InChI is InChI=1S/C15H17ClN4O2/c1-19-14(22-2)9-13(18-19)17-12-6-7-20(15(12)21)11-5-3-4-10(16)8-11/h3-5,8-9,12H,6-7H2,1-2H3,(H,17,18). The van der Waals surface area contributed by atoms with Crippen LogP contribution in [0, 0.1) is 0 Å². The van der Waals surface area contributed by atoms with Crippen LogP contribution >= 0.6 is 11.6 Å². The van der Waals surface area contributed by atoms with Gasteiger partial charge in [-0.3, -0.25) is 4.79 Å². The Hall–Kier alpha value is -2.21. The number of nitrogens with zero attached hydrogens (tertiary/aromatic N) is 3. The van der Waals surface area contributed by atoms with Crippen LogP contribution in [0.2, 0.25) is 5.02 Å². The number of rotatable bonds is 4. The van der Waals surface area contributed by atoms with Crippen LogP contribution in [0.3, 0.4) is 0 Å². The monoisotopic (exact) mass is 320 g/mol. The molecule has 6 nitrogen and oxygen atoms in total. The van der Waals surface area contributed by atoms with Gasteiger partial charge < -0.3 is 15.0 Å². The Balaban J connectivity index is 1.73. The van der Waals surface area contributed by atoms with Crippen LogP contribution in [-0.2, 0) is 11.8 Å². The van der Waals surface area contributed by atoms with Gasteiger partial charge in [0.1, 0.15) is 6.04 Å². The number of amides is 1. The van der Waals surface area contributed by atoms with Gasteiger partial charge in [0.25, 0.3) is 0 Å². The molecule has 1 aliphatic heterocycles. The van der Waals surface area contributed by atoms with E-state index in [1.165, 1.54) is 0 Å². The first-order valence-electron chi connectivity index (χ1n) is 7.00. The Kier molecular flexibility index (Phi) is 3.94. The third-order valence-corrected chi connectivity index (χ3v) is 3.93. The molecule has 0 spiro atoms. The maximum atomic E-state index is 12.5. The molecule has 0 bridgehead atoms. The Morgan fingerprint density at radius 2 is 2.23 bits per heavy atom. The number of aromatic nitrogens is 2. The van der Waals surface area contributed by atoms with Gasteiger partial charge in [-0.1, -0.05) is 17.7 Å². The Morgan fingerprint density at radius 3 is 2.91 bits per heavy atom. The van der Waals surface area contributed by atoms with Crippen LogP contribution in [0.1, 0.15) is 6.42 Å². The molecule has 22 heavy (non-hydrogen) atoms. The third kappa shape index (κ3) is 2.74. The molecular formula is C15H17ClN4O2. The van der Waals surface area contributed by atoms with E-state index in [-0.39, 0.29) is 11.9 Å². The number of aryl methyl sites for hydroxylation is 1. The maximum absolute atomic E-state index is 12.5. The lowest BCUT2D eigenvalue weighted by Crippen LogP contribution is -2.33. The van der Waals surface area contributed by atoms with Gasteiger partial charge >= 0.3 is 0 Å². The number of carbonyl (C=O) groups excluding carboxylic acids is 1. The van der Waals surface area contributed by atoms with Gasteiger partial charge in [0.2, 0.25) is 11.8 Å². The van der Waals surface area contributed by atoms with Crippen LogP contribution in [-0.4, -0.2) is 35.4 Å². The van der Waals surface area contributed by atoms with Crippen LogP contribution < -0.4 is 15.0 Å². The molecule has 1 saturated heterocycles. The van der Waals surface area contributed by atoms with Crippen LogP contribution in [0.15, 0.2) is 30.3 Å². The summed E-state index contributed by atoms with van der Waals surface area (Å²) in [5, 5.41) is 8.07. The molecule has 1 aromatic heterocycles. The van der Waals surface area contributed by atoms with Crippen molar-refractivity contribution in [3.8, 4) is 5.88 Å². The van der Waals surface area contributed by atoms with E-state index < -0.39 is 0 Å².